The number of alkyl carbamates (subject to hydrolysis) is 1. The van der Waals surface area contributed by atoms with Crippen molar-refractivity contribution < 1.29 is 14.1 Å². The van der Waals surface area contributed by atoms with Gasteiger partial charge in [-0.25, -0.2) is 9.36 Å². The van der Waals surface area contributed by atoms with Crippen molar-refractivity contribution in [1.82, 2.24) is 5.32 Å². The fourth-order valence-electron chi connectivity index (χ4n) is 1.34. The van der Waals surface area contributed by atoms with E-state index in [0.717, 1.165) is 17.4 Å². The fourth-order valence-corrected chi connectivity index (χ4v) is 1.75. The van der Waals surface area contributed by atoms with Gasteiger partial charge in [0.05, 0.1) is 5.33 Å². The van der Waals surface area contributed by atoms with Crippen LogP contribution >= 0.6 is 15.9 Å². The molecule has 0 fully saturated rings. The number of aromatic nitrogens is 1. The van der Waals surface area contributed by atoms with E-state index in [9.17, 15) is 4.79 Å². The molecule has 1 heterocycles. The Morgan fingerprint density at radius 1 is 1.39 bits per heavy atom. The molecule has 1 amide bonds. The average Bonchev–Trinajstić information content (AvgIpc) is 2.26. The van der Waals surface area contributed by atoms with Gasteiger partial charge in [0.25, 0.3) is 0 Å². The highest BCUT2D eigenvalue weighted by Crippen LogP contribution is 2.06. The summed E-state index contributed by atoms with van der Waals surface area (Å²) in [7, 11) is 0. The third kappa shape index (κ3) is 6.00. The highest BCUT2D eigenvalue weighted by molar-refractivity contribution is 9.09. The summed E-state index contributed by atoms with van der Waals surface area (Å²) in [5.41, 5.74) is 0.589. The third-order valence-corrected chi connectivity index (χ3v) is 2.49. The largest absolute Gasteiger partial charge is 0.444 e. The minimum Gasteiger partial charge on any atom is -0.444 e. The first-order chi connectivity index (χ1) is 8.40. The Morgan fingerprint density at radius 2 is 2.00 bits per heavy atom. The standard InChI is InChI=1S/C13H19BrN2O2/c1-13(2,3)18-12(17)15-10-11-4-7-16(8-5-11)9-6-14/h4-5,7-8H,6,9-10H2,1-3H3/p+1. The van der Waals surface area contributed by atoms with Gasteiger partial charge in [-0.05, 0) is 26.3 Å². The summed E-state index contributed by atoms with van der Waals surface area (Å²) in [6.45, 7) is 6.94. The van der Waals surface area contributed by atoms with Crippen molar-refractivity contribution in [2.75, 3.05) is 5.33 Å². The molecule has 0 unspecified atom stereocenters. The van der Waals surface area contributed by atoms with Crippen LogP contribution in [0, 0.1) is 0 Å². The minimum absolute atomic E-state index is 0.389. The molecule has 0 aliphatic rings. The second-order valence-corrected chi connectivity index (χ2v) is 5.78. The van der Waals surface area contributed by atoms with Crippen molar-refractivity contribution in [2.24, 2.45) is 0 Å². The van der Waals surface area contributed by atoms with Crippen LogP contribution in [0.4, 0.5) is 4.79 Å². The van der Waals surface area contributed by atoms with E-state index in [4.69, 9.17) is 4.74 Å². The van der Waals surface area contributed by atoms with Crippen LogP contribution in [-0.4, -0.2) is 17.0 Å². The Kier molecular flexibility index (Phi) is 5.59. The van der Waals surface area contributed by atoms with Crippen LogP contribution < -0.4 is 9.88 Å². The zero-order valence-corrected chi connectivity index (χ0v) is 12.7. The van der Waals surface area contributed by atoms with Gasteiger partial charge in [-0.15, -0.1) is 0 Å². The highest BCUT2D eigenvalue weighted by Gasteiger charge is 2.15. The van der Waals surface area contributed by atoms with Crippen molar-refractivity contribution >= 4 is 22.0 Å². The van der Waals surface area contributed by atoms with E-state index >= 15 is 0 Å². The molecule has 0 aliphatic heterocycles. The summed E-state index contributed by atoms with van der Waals surface area (Å²) in [4.78, 5) is 11.5. The lowest BCUT2D eigenvalue weighted by Gasteiger charge is -2.19. The second-order valence-electron chi connectivity index (χ2n) is 4.99. The van der Waals surface area contributed by atoms with Crippen LogP contribution in [0.25, 0.3) is 0 Å². The molecule has 0 saturated heterocycles. The molecule has 18 heavy (non-hydrogen) atoms. The summed E-state index contributed by atoms with van der Waals surface area (Å²) in [5, 5.41) is 3.65. The van der Waals surface area contributed by atoms with Crippen molar-refractivity contribution in [3.05, 3.63) is 30.1 Å². The summed E-state index contributed by atoms with van der Waals surface area (Å²) < 4.78 is 7.24. The average molecular weight is 316 g/mol. The SMILES string of the molecule is CC(C)(C)OC(=O)NCc1cc[n+](CCBr)cc1. The molecule has 4 nitrogen and oxygen atoms in total. The number of nitrogens with one attached hydrogen (secondary N) is 1. The number of nitrogens with zero attached hydrogens (tertiary/aromatic N) is 1. The van der Waals surface area contributed by atoms with Gasteiger partial charge in [-0.2, -0.15) is 0 Å². The van der Waals surface area contributed by atoms with E-state index in [2.05, 4.69) is 25.8 Å². The Balaban J connectivity index is 2.41. The quantitative estimate of drug-likeness (QED) is 0.685. The summed E-state index contributed by atoms with van der Waals surface area (Å²) in [5.74, 6) is 0. The number of ether oxygens (including phenoxy) is 1. The summed E-state index contributed by atoms with van der Waals surface area (Å²) >= 11 is 3.39. The molecule has 100 valence electrons. The number of aryl methyl sites for hydroxylation is 1. The lowest BCUT2D eigenvalue weighted by molar-refractivity contribution is -0.692. The lowest BCUT2D eigenvalue weighted by Crippen LogP contribution is -2.34. The Morgan fingerprint density at radius 3 is 2.50 bits per heavy atom. The van der Waals surface area contributed by atoms with Crippen LogP contribution in [-0.2, 0) is 17.8 Å². The summed E-state index contributed by atoms with van der Waals surface area (Å²) in [6.07, 6.45) is 3.60. The number of hydrogen-bond donors (Lipinski definition) is 1. The Hall–Kier alpha value is -1.10. The monoisotopic (exact) mass is 315 g/mol. The number of pyridine rings is 1. The molecule has 5 heteroatoms. The van der Waals surface area contributed by atoms with Gasteiger partial charge in [0, 0.05) is 18.7 Å². The zero-order chi connectivity index (χ0) is 13.6. The van der Waals surface area contributed by atoms with Crippen molar-refractivity contribution in [2.45, 2.75) is 39.5 Å². The lowest BCUT2D eigenvalue weighted by atomic mass is 10.2. The van der Waals surface area contributed by atoms with Gasteiger partial charge in [0.1, 0.15) is 5.60 Å². The van der Waals surface area contributed by atoms with Crippen LogP contribution in [0.5, 0.6) is 0 Å². The normalized spacial score (nSPS) is 11.1. The van der Waals surface area contributed by atoms with Crippen LogP contribution in [0.15, 0.2) is 24.5 Å². The molecule has 1 aromatic heterocycles. The molecular weight excluding hydrogens is 296 g/mol. The van der Waals surface area contributed by atoms with Gasteiger partial charge in [0.15, 0.2) is 18.9 Å². The zero-order valence-electron chi connectivity index (χ0n) is 11.1. The van der Waals surface area contributed by atoms with Gasteiger partial charge in [0.2, 0.25) is 0 Å². The first kappa shape index (κ1) is 15.0. The number of amides is 1. The molecule has 0 saturated carbocycles. The molecular formula is C13H20BrN2O2+. The molecule has 0 aliphatic carbocycles. The smallest absolute Gasteiger partial charge is 0.407 e. The van der Waals surface area contributed by atoms with Crippen LogP contribution in [0.2, 0.25) is 0 Å². The van der Waals surface area contributed by atoms with E-state index in [0.29, 0.717) is 6.54 Å². The number of rotatable bonds is 4. The van der Waals surface area contributed by atoms with Gasteiger partial charge in [-0.1, -0.05) is 15.9 Å². The van der Waals surface area contributed by atoms with E-state index in [1.54, 1.807) is 0 Å². The molecule has 0 atom stereocenters. The van der Waals surface area contributed by atoms with E-state index in [-0.39, 0.29) is 6.09 Å². The van der Waals surface area contributed by atoms with Crippen molar-refractivity contribution in [3.8, 4) is 0 Å². The number of carbonyl (C=O) groups is 1. The molecule has 1 rings (SSSR count). The number of halogens is 1. The predicted molar refractivity (Wildman–Crippen MR) is 73.5 cm³/mol. The van der Waals surface area contributed by atoms with E-state index in [1.807, 2.05) is 45.3 Å². The number of carbonyl (C=O) groups excluding carboxylic acids is 1. The Bertz CT molecular complexity index is 385. The number of alkyl halides is 1. The van der Waals surface area contributed by atoms with Crippen molar-refractivity contribution in [1.29, 1.82) is 0 Å². The van der Waals surface area contributed by atoms with Gasteiger partial charge < -0.3 is 10.1 Å². The molecule has 1 N–H and O–H groups in total. The van der Waals surface area contributed by atoms with E-state index in [1.165, 1.54) is 0 Å². The molecule has 0 aromatic carbocycles. The van der Waals surface area contributed by atoms with Crippen LogP contribution in [0.3, 0.4) is 0 Å². The maximum absolute atomic E-state index is 11.5. The first-order valence-electron chi connectivity index (χ1n) is 5.91. The minimum atomic E-state index is -0.459. The van der Waals surface area contributed by atoms with Crippen molar-refractivity contribution in [3.63, 3.8) is 0 Å². The molecule has 0 bridgehead atoms. The molecule has 0 spiro atoms. The molecule has 0 radical (unpaired) electrons. The maximum Gasteiger partial charge on any atom is 0.407 e. The van der Waals surface area contributed by atoms with Crippen LogP contribution in [0.1, 0.15) is 26.3 Å². The van der Waals surface area contributed by atoms with Gasteiger partial charge >= 0.3 is 6.09 Å². The topological polar surface area (TPSA) is 42.2 Å². The first-order valence-corrected chi connectivity index (χ1v) is 7.03. The maximum atomic E-state index is 11.5. The highest BCUT2D eigenvalue weighted by atomic mass is 79.9. The van der Waals surface area contributed by atoms with Gasteiger partial charge in [-0.3, -0.25) is 0 Å². The second kappa shape index (κ2) is 6.73. The predicted octanol–water partition coefficient (Wildman–Crippen LogP) is 2.39. The Labute approximate surface area is 116 Å². The van der Waals surface area contributed by atoms with E-state index < -0.39 is 5.60 Å². The molecule has 1 aromatic rings. The third-order valence-electron chi connectivity index (χ3n) is 2.14. The fraction of sp³-hybridized carbons (Fsp3) is 0.538. The summed E-state index contributed by atoms with van der Waals surface area (Å²) in [6, 6.07) is 3.97. The number of hydrogen-bond acceptors (Lipinski definition) is 2.